The van der Waals surface area contributed by atoms with E-state index in [9.17, 15) is 18.4 Å². The van der Waals surface area contributed by atoms with Crippen LogP contribution in [0.4, 0.5) is 8.78 Å². The minimum absolute atomic E-state index is 0.0128. The second kappa shape index (κ2) is 8.89. The molecule has 0 atom stereocenters. The van der Waals surface area contributed by atoms with Gasteiger partial charge in [0.2, 0.25) is 5.91 Å². The summed E-state index contributed by atoms with van der Waals surface area (Å²) in [7, 11) is 3.97. The van der Waals surface area contributed by atoms with Crippen molar-refractivity contribution < 1.29 is 18.4 Å². The van der Waals surface area contributed by atoms with Crippen LogP contribution in [0.25, 0.3) is 0 Å². The van der Waals surface area contributed by atoms with E-state index in [2.05, 4.69) is 10.2 Å². The summed E-state index contributed by atoms with van der Waals surface area (Å²) >= 11 is 0. The number of carbonyl (C=O) groups excluding carboxylic acids is 2. The molecule has 2 amide bonds. The first-order chi connectivity index (χ1) is 11.9. The average Bonchev–Trinajstić information content (AvgIpc) is 2.58. The van der Waals surface area contributed by atoms with Crippen LogP contribution < -0.4 is 5.32 Å². The Labute approximate surface area is 147 Å². The highest BCUT2D eigenvalue weighted by Crippen LogP contribution is 2.20. The van der Waals surface area contributed by atoms with Crippen molar-refractivity contribution in [2.24, 2.45) is 5.92 Å². The van der Waals surface area contributed by atoms with Crippen molar-refractivity contribution >= 4 is 11.8 Å². The van der Waals surface area contributed by atoms with Crippen LogP contribution in [0.2, 0.25) is 0 Å². The third kappa shape index (κ3) is 5.49. The van der Waals surface area contributed by atoms with Crippen molar-refractivity contribution in [1.29, 1.82) is 0 Å². The number of nitrogens with one attached hydrogen (secondary N) is 1. The van der Waals surface area contributed by atoms with Crippen LogP contribution in [0.15, 0.2) is 18.2 Å². The minimum atomic E-state index is -0.856. The number of piperidine rings is 1. The van der Waals surface area contributed by atoms with Gasteiger partial charge in [-0.05, 0) is 52.0 Å². The van der Waals surface area contributed by atoms with Crippen molar-refractivity contribution in [1.82, 2.24) is 15.1 Å². The van der Waals surface area contributed by atoms with Crippen LogP contribution in [-0.2, 0) is 4.79 Å². The maximum absolute atomic E-state index is 13.7. The van der Waals surface area contributed by atoms with Crippen LogP contribution >= 0.6 is 0 Å². The fourth-order valence-corrected chi connectivity index (χ4v) is 2.93. The zero-order chi connectivity index (χ0) is 18.4. The lowest BCUT2D eigenvalue weighted by atomic mass is 9.95. The van der Waals surface area contributed by atoms with Crippen LogP contribution in [0.3, 0.4) is 0 Å². The van der Waals surface area contributed by atoms with Crippen molar-refractivity contribution in [2.75, 3.05) is 40.3 Å². The Morgan fingerprint density at radius 1 is 1.24 bits per heavy atom. The molecule has 0 aliphatic carbocycles. The van der Waals surface area contributed by atoms with Gasteiger partial charge in [-0.1, -0.05) is 0 Å². The Morgan fingerprint density at radius 2 is 1.92 bits per heavy atom. The predicted molar refractivity (Wildman–Crippen MR) is 91.2 cm³/mol. The fourth-order valence-electron chi connectivity index (χ4n) is 2.93. The van der Waals surface area contributed by atoms with E-state index < -0.39 is 17.5 Å². The Bertz CT molecular complexity index is 614. The number of halogens is 2. The minimum Gasteiger partial charge on any atom is -0.356 e. The summed E-state index contributed by atoms with van der Waals surface area (Å²) in [6.45, 7) is 2.34. The second-order valence-electron chi connectivity index (χ2n) is 6.64. The van der Waals surface area contributed by atoms with Gasteiger partial charge in [0.05, 0.1) is 5.56 Å². The van der Waals surface area contributed by atoms with Gasteiger partial charge in [-0.15, -0.1) is 0 Å². The molecule has 1 aliphatic heterocycles. The lowest BCUT2D eigenvalue weighted by Gasteiger charge is -2.31. The molecule has 1 N–H and O–H groups in total. The molecule has 1 saturated heterocycles. The maximum atomic E-state index is 13.7. The number of rotatable bonds is 6. The number of benzene rings is 1. The standard InChI is InChI=1S/C18H25F2N3O2/c1-22(2)9-3-8-21-17(24)13-6-10-23(11-7-13)18(25)15-5-4-14(19)12-16(15)20/h4-5,12-13H,3,6-11H2,1-2H3,(H,21,24). The molecule has 2 rings (SSSR count). The predicted octanol–water partition coefficient (Wildman–Crippen LogP) is 1.88. The summed E-state index contributed by atoms with van der Waals surface area (Å²) in [5, 5.41) is 2.93. The monoisotopic (exact) mass is 353 g/mol. The van der Waals surface area contributed by atoms with Gasteiger partial charge < -0.3 is 15.1 Å². The van der Waals surface area contributed by atoms with E-state index in [1.165, 1.54) is 4.90 Å². The zero-order valence-electron chi connectivity index (χ0n) is 14.7. The van der Waals surface area contributed by atoms with Crippen LogP contribution in [0.1, 0.15) is 29.6 Å². The Kier molecular flexibility index (Phi) is 6.87. The van der Waals surface area contributed by atoms with Gasteiger partial charge in [0.25, 0.3) is 5.91 Å². The second-order valence-corrected chi connectivity index (χ2v) is 6.64. The summed E-state index contributed by atoms with van der Waals surface area (Å²) in [6.07, 6.45) is 1.99. The molecule has 0 spiro atoms. The van der Waals surface area contributed by atoms with Crippen LogP contribution in [0.5, 0.6) is 0 Å². The molecule has 1 fully saturated rings. The highest BCUT2D eigenvalue weighted by Gasteiger charge is 2.28. The number of hydrogen-bond donors (Lipinski definition) is 1. The molecule has 0 aromatic heterocycles. The van der Waals surface area contributed by atoms with Crippen LogP contribution in [0, 0.1) is 17.6 Å². The van der Waals surface area contributed by atoms with Crippen molar-refractivity contribution in [3.8, 4) is 0 Å². The summed E-state index contributed by atoms with van der Waals surface area (Å²) in [5.41, 5.74) is -0.131. The fraction of sp³-hybridized carbons (Fsp3) is 0.556. The molecule has 0 bridgehead atoms. The molecule has 7 heteroatoms. The molecule has 0 radical (unpaired) electrons. The van der Waals surface area contributed by atoms with Gasteiger partial charge in [-0.2, -0.15) is 0 Å². The summed E-state index contributed by atoms with van der Waals surface area (Å²) in [5.74, 6) is -2.13. The van der Waals surface area contributed by atoms with E-state index in [4.69, 9.17) is 0 Å². The highest BCUT2D eigenvalue weighted by molar-refractivity contribution is 5.94. The SMILES string of the molecule is CN(C)CCCNC(=O)C1CCN(C(=O)c2ccc(F)cc2F)CC1. The van der Waals surface area contributed by atoms with E-state index in [1.54, 1.807) is 0 Å². The summed E-state index contributed by atoms with van der Waals surface area (Å²) in [4.78, 5) is 28.1. The van der Waals surface area contributed by atoms with Gasteiger partial charge in [-0.25, -0.2) is 8.78 Å². The van der Waals surface area contributed by atoms with Gasteiger partial charge in [0, 0.05) is 31.6 Å². The van der Waals surface area contributed by atoms with E-state index in [-0.39, 0.29) is 17.4 Å². The normalized spacial score (nSPS) is 15.5. The third-order valence-corrected chi connectivity index (χ3v) is 4.40. The first-order valence-electron chi connectivity index (χ1n) is 8.55. The smallest absolute Gasteiger partial charge is 0.256 e. The first-order valence-corrected chi connectivity index (χ1v) is 8.55. The average molecular weight is 353 g/mol. The maximum Gasteiger partial charge on any atom is 0.256 e. The van der Waals surface area contributed by atoms with E-state index in [1.807, 2.05) is 14.1 Å². The number of hydrogen-bond acceptors (Lipinski definition) is 3. The summed E-state index contributed by atoms with van der Waals surface area (Å²) in [6, 6.07) is 2.95. The summed E-state index contributed by atoms with van der Waals surface area (Å²) < 4.78 is 26.7. The topological polar surface area (TPSA) is 52.7 Å². The molecule has 0 saturated carbocycles. The number of likely N-dealkylation sites (tertiary alicyclic amines) is 1. The zero-order valence-corrected chi connectivity index (χ0v) is 14.7. The Morgan fingerprint density at radius 3 is 2.52 bits per heavy atom. The van der Waals surface area contributed by atoms with Crippen molar-refractivity contribution in [3.63, 3.8) is 0 Å². The van der Waals surface area contributed by atoms with E-state index in [0.717, 1.165) is 25.1 Å². The van der Waals surface area contributed by atoms with Gasteiger partial charge in [-0.3, -0.25) is 9.59 Å². The Balaban J connectivity index is 1.80. The molecule has 1 heterocycles. The van der Waals surface area contributed by atoms with Crippen LogP contribution in [-0.4, -0.2) is 61.9 Å². The molecule has 1 aromatic rings. The largest absolute Gasteiger partial charge is 0.356 e. The third-order valence-electron chi connectivity index (χ3n) is 4.40. The van der Waals surface area contributed by atoms with E-state index >= 15 is 0 Å². The molecule has 1 aliphatic rings. The lowest BCUT2D eigenvalue weighted by Crippen LogP contribution is -2.43. The molecule has 1 aromatic carbocycles. The van der Waals surface area contributed by atoms with Gasteiger partial charge >= 0.3 is 0 Å². The van der Waals surface area contributed by atoms with Gasteiger partial charge in [0.15, 0.2) is 0 Å². The van der Waals surface area contributed by atoms with Crippen molar-refractivity contribution in [3.05, 3.63) is 35.4 Å². The lowest BCUT2D eigenvalue weighted by molar-refractivity contribution is -0.126. The van der Waals surface area contributed by atoms with E-state index in [0.29, 0.717) is 38.5 Å². The number of nitrogens with zero attached hydrogens (tertiary/aromatic N) is 2. The molecule has 25 heavy (non-hydrogen) atoms. The number of amides is 2. The van der Waals surface area contributed by atoms with Gasteiger partial charge in [0.1, 0.15) is 11.6 Å². The Hall–Kier alpha value is -2.02. The quantitative estimate of drug-likeness (QED) is 0.795. The molecule has 0 unspecified atom stereocenters. The molecule has 138 valence electrons. The van der Waals surface area contributed by atoms with Crippen molar-refractivity contribution in [2.45, 2.75) is 19.3 Å². The molecular weight excluding hydrogens is 328 g/mol. The first kappa shape index (κ1) is 19.3. The highest BCUT2D eigenvalue weighted by atomic mass is 19.1. The molecule has 5 nitrogen and oxygen atoms in total. The number of carbonyl (C=O) groups is 2. The molecular formula is C18H25F2N3O2.